The van der Waals surface area contributed by atoms with Crippen LogP contribution in [0.1, 0.15) is 22.5 Å². The maximum absolute atomic E-state index is 14.2. The standard InChI is InChI=1S/C20H19FN4O3.C7H10BrNO/c1-27-15-10-22-8-6-11(15)17-18(16-13(24-17)7-9-23-20(16)26)25-14-5-3-4-12(21)19(14)28-2;8-4-1-3-7(10)9-5-2-6-9/h3-6,8,10,24-25H,7,9H2,1-2H3,(H,23,26);1,3H,2,4-6H2/b;3-1+. The molecule has 38 heavy (non-hydrogen) atoms. The number of anilines is 2. The summed E-state index contributed by atoms with van der Waals surface area (Å²) in [7, 11) is 2.95. The molecule has 0 aliphatic carbocycles. The lowest BCUT2D eigenvalue weighted by Gasteiger charge is -2.29. The molecule has 2 amide bonds. The lowest BCUT2D eigenvalue weighted by molar-refractivity contribution is -0.129. The third kappa shape index (κ3) is 5.83. The fourth-order valence-corrected chi connectivity index (χ4v) is 4.38. The number of halogens is 2. The van der Waals surface area contributed by atoms with E-state index < -0.39 is 5.82 Å². The summed E-state index contributed by atoms with van der Waals surface area (Å²) in [4.78, 5) is 32.8. The van der Waals surface area contributed by atoms with E-state index in [-0.39, 0.29) is 17.6 Å². The van der Waals surface area contributed by atoms with Gasteiger partial charge in [-0.25, -0.2) is 4.39 Å². The number of methoxy groups -OCH3 is 2. The van der Waals surface area contributed by atoms with E-state index in [4.69, 9.17) is 9.47 Å². The Morgan fingerprint density at radius 3 is 2.76 bits per heavy atom. The first-order valence-corrected chi connectivity index (χ1v) is 13.2. The van der Waals surface area contributed by atoms with Crippen LogP contribution in [-0.4, -0.2) is 65.9 Å². The molecule has 2 aliphatic heterocycles. The Morgan fingerprint density at radius 2 is 2.08 bits per heavy atom. The molecule has 5 rings (SSSR count). The number of benzene rings is 1. The van der Waals surface area contributed by atoms with Crippen molar-refractivity contribution in [1.29, 1.82) is 0 Å². The topological polar surface area (TPSA) is 109 Å². The highest BCUT2D eigenvalue weighted by molar-refractivity contribution is 9.09. The number of para-hydroxylation sites is 1. The van der Waals surface area contributed by atoms with E-state index in [1.54, 1.807) is 43.8 Å². The summed E-state index contributed by atoms with van der Waals surface area (Å²) < 4.78 is 24.8. The summed E-state index contributed by atoms with van der Waals surface area (Å²) >= 11 is 3.21. The van der Waals surface area contributed by atoms with Gasteiger partial charge in [0.15, 0.2) is 11.6 Å². The largest absolute Gasteiger partial charge is 0.494 e. The molecule has 1 fully saturated rings. The van der Waals surface area contributed by atoms with Crippen LogP contribution in [0.3, 0.4) is 0 Å². The average molecular weight is 586 g/mol. The van der Waals surface area contributed by atoms with Gasteiger partial charge in [0, 0.05) is 48.8 Å². The highest BCUT2D eigenvalue weighted by Gasteiger charge is 2.28. The van der Waals surface area contributed by atoms with Crippen molar-refractivity contribution >= 4 is 39.1 Å². The van der Waals surface area contributed by atoms with Crippen LogP contribution in [0.15, 0.2) is 48.8 Å². The monoisotopic (exact) mass is 585 g/mol. The number of nitrogens with one attached hydrogen (secondary N) is 3. The molecule has 4 heterocycles. The zero-order valence-corrected chi connectivity index (χ0v) is 22.7. The number of amides is 2. The van der Waals surface area contributed by atoms with Crippen LogP contribution in [0.2, 0.25) is 0 Å². The van der Waals surface area contributed by atoms with Gasteiger partial charge in [-0.2, -0.15) is 0 Å². The van der Waals surface area contributed by atoms with E-state index in [1.165, 1.54) is 13.2 Å². The lowest BCUT2D eigenvalue weighted by Crippen LogP contribution is -2.41. The predicted molar refractivity (Wildman–Crippen MR) is 147 cm³/mol. The van der Waals surface area contributed by atoms with Gasteiger partial charge in [-0.15, -0.1) is 0 Å². The number of alkyl halides is 1. The molecule has 3 N–H and O–H groups in total. The van der Waals surface area contributed by atoms with Crippen molar-refractivity contribution < 1.29 is 23.5 Å². The van der Waals surface area contributed by atoms with Crippen molar-refractivity contribution in [1.82, 2.24) is 20.2 Å². The van der Waals surface area contributed by atoms with E-state index in [2.05, 4.69) is 36.5 Å². The number of likely N-dealkylation sites (tertiary alicyclic amines) is 1. The third-order valence-electron chi connectivity index (χ3n) is 6.19. The van der Waals surface area contributed by atoms with Crippen molar-refractivity contribution in [3.63, 3.8) is 0 Å². The number of hydrogen-bond donors (Lipinski definition) is 3. The van der Waals surface area contributed by atoms with Crippen LogP contribution in [0.25, 0.3) is 11.3 Å². The summed E-state index contributed by atoms with van der Waals surface area (Å²) in [6.07, 6.45) is 8.50. The number of H-pyrrole nitrogens is 1. The zero-order valence-electron chi connectivity index (χ0n) is 21.1. The van der Waals surface area contributed by atoms with Crippen molar-refractivity contribution in [2.24, 2.45) is 0 Å². The van der Waals surface area contributed by atoms with Gasteiger partial charge >= 0.3 is 0 Å². The second-order valence-electron chi connectivity index (χ2n) is 8.49. The minimum atomic E-state index is -0.496. The molecule has 0 saturated carbocycles. The SMILES string of the molecule is COc1cnccc1-c1[nH]c2c(c1Nc1cccc(F)c1OC)C(=O)NCC2.O=C(/C=C/CBr)N1CCC1. The fraction of sp³-hybridized carbons (Fsp3) is 0.296. The fourth-order valence-electron chi connectivity index (χ4n) is 4.19. The molecule has 1 aromatic carbocycles. The second-order valence-corrected chi connectivity index (χ2v) is 9.14. The number of ether oxygens (including phenoxy) is 2. The highest BCUT2D eigenvalue weighted by Crippen LogP contribution is 2.41. The highest BCUT2D eigenvalue weighted by atomic mass is 79.9. The Hall–Kier alpha value is -3.86. The maximum atomic E-state index is 14.2. The van der Waals surface area contributed by atoms with Gasteiger partial charge in [0.25, 0.3) is 5.91 Å². The van der Waals surface area contributed by atoms with Crippen LogP contribution in [0.5, 0.6) is 11.5 Å². The summed E-state index contributed by atoms with van der Waals surface area (Å²) in [5.74, 6) is 0.0711. The smallest absolute Gasteiger partial charge is 0.255 e. The number of aromatic amines is 1. The van der Waals surface area contributed by atoms with E-state index >= 15 is 0 Å². The second kappa shape index (κ2) is 12.6. The van der Waals surface area contributed by atoms with E-state index in [0.29, 0.717) is 41.3 Å². The molecule has 9 nitrogen and oxygen atoms in total. The first-order valence-electron chi connectivity index (χ1n) is 12.1. The van der Waals surface area contributed by atoms with Crippen LogP contribution in [0, 0.1) is 5.82 Å². The minimum Gasteiger partial charge on any atom is -0.494 e. The van der Waals surface area contributed by atoms with E-state index in [1.807, 2.05) is 11.0 Å². The normalized spacial score (nSPS) is 14.1. The Balaban J connectivity index is 0.000000283. The van der Waals surface area contributed by atoms with E-state index in [0.717, 1.165) is 36.1 Å². The molecular weight excluding hydrogens is 557 g/mol. The van der Waals surface area contributed by atoms with Gasteiger partial charge in [0.2, 0.25) is 5.91 Å². The predicted octanol–water partition coefficient (Wildman–Crippen LogP) is 4.43. The summed E-state index contributed by atoms with van der Waals surface area (Å²) in [6, 6.07) is 6.37. The first-order chi connectivity index (χ1) is 18.5. The molecular formula is C27H29BrFN5O4. The van der Waals surface area contributed by atoms with Crippen molar-refractivity contribution in [2.75, 3.05) is 44.5 Å². The molecule has 0 unspecified atom stereocenters. The summed E-state index contributed by atoms with van der Waals surface area (Å²) in [5, 5.41) is 6.79. The van der Waals surface area contributed by atoms with Crippen LogP contribution < -0.4 is 20.1 Å². The average Bonchev–Trinajstić information content (AvgIpc) is 3.26. The minimum absolute atomic E-state index is 0.0707. The number of rotatable bonds is 7. The number of fused-ring (bicyclic) bond motifs is 1. The van der Waals surface area contributed by atoms with Gasteiger partial charge in [-0.3, -0.25) is 14.6 Å². The van der Waals surface area contributed by atoms with Gasteiger partial charge in [-0.1, -0.05) is 28.1 Å². The number of pyridine rings is 1. The van der Waals surface area contributed by atoms with Crippen molar-refractivity contribution in [3.05, 3.63) is 65.9 Å². The molecule has 0 radical (unpaired) electrons. The molecule has 2 aromatic heterocycles. The van der Waals surface area contributed by atoms with E-state index in [9.17, 15) is 14.0 Å². The molecule has 2 aliphatic rings. The lowest BCUT2D eigenvalue weighted by atomic mass is 10.0. The number of aromatic nitrogens is 2. The quantitative estimate of drug-likeness (QED) is 0.279. The number of nitrogens with zero attached hydrogens (tertiary/aromatic N) is 2. The number of hydrogen-bond acceptors (Lipinski definition) is 6. The summed E-state index contributed by atoms with van der Waals surface area (Å²) in [5.41, 5.74) is 3.63. The summed E-state index contributed by atoms with van der Waals surface area (Å²) in [6.45, 7) is 2.42. The maximum Gasteiger partial charge on any atom is 0.255 e. The molecule has 0 spiro atoms. The van der Waals surface area contributed by atoms with Gasteiger partial charge in [0.1, 0.15) is 5.75 Å². The first kappa shape index (κ1) is 27.2. The molecule has 1 saturated heterocycles. The Bertz CT molecular complexity index is 1340. The molecule has 3 aromatic rings. The van der Waals surface area contributed by atoms with Crippen LogP contribution in [-0.2, 0) is 11.2 Å². The number of carbonyl (C=O) groups is 2. The van der Waals surface area contributed by atoms with Crippen LogP contribution in [0.4, 0.5) is 15.8 Å². The van der Waals surface area contributed by atoms with Crippen LogP contribution >= 0.6 is 15.9 Å². The molecule has 200 valence electrons. The Labute approximate surface area is 228 Å². The Morgan fingerprint density at radius 1 is 1.26 bits per heavy atom. The molecule has 0 atom stereocenters. The van der Waals surface area contributed by atoms with Crippen molar-refractivity contribution in [3.8, 4) is 22.8 Å². The van der Waals surface area contributed by atoms with Crippen molar-refractivity contribution in [2.45, 2.75) is 12.8 Å². The van der Waals surface area contributed by atoms with Gasteiger partial charge in [-0.05, 0) is 30.7 Å². The number of allylic oxidation sites excluding steroid dienone is 1. The number of carbonyl (C=O) groups excluding carboxylic acids is 2. The molecule has 0 bridgehead atoms. The van der Waals surface area contributed by atoms with Gasteiger partial charge in [0.05, 0.1) is 43.0 Å². The zero-order chi connectivity index (χ0) is 27.1. The van der Waals surface area contributed by atoms with Gasteiger partial charge < -0.3 is 30.0 Å². The third-order valence-corrected chi connectivity index (χ3v) is 6.56. The molecule has 11 heteroatoms. The Kier molecular flexibility index (Phi) is 9.01.